The second-order valence-corrected chi connectivity index (χ2v) is 8.22. The van der Waals surface area contributed by atoms with E-state index < -0.39 is 5.97 Å². The Kier molecular flexibility index (Phi) is 4.62. The van der Waals surface area contributed by atoms with Gasteiger partial charge >= 0.3 is 5.97 Å². The number of benzene rings is 2. The third kappa shape index (κ3) is 2.92. The van der Waals surface area contributed by atoms with Crippen LogP contribution in [0.5, 0.6) is 0 Å². The second kappa shape index (κ2) is 7.37. The number of aryl methyl sites for hydroxylation is 2. The van der Waals surface area contributed by atoms with Gasteiger partial charge in [0.05, 0.1) is 18.3 Å². The van der Waals surface area contributed by atoms with E-state index in [4.69, 9.17) is 4.52 Å². The third-order valence-corrected chi connectivity index (χ3v) is 6.41. The Bertz CT molecular complexity index is 1360. The fourth-order valence-corrected chi connectivity index (χ4v) is 4.88. The van der Waals surface area contributed by atoms with Gasteiger partial charge in [0.1, 0.15) is 12.3 Å². The van der Waals surface area contributed by atoms with Crippen molar-refractivity contribution in [1.82, 2.24) is 14.6 Å². The number of aromatic nitrogens is 2. The molecule has 0 aliphatic carbocycles. The first-order valence-corrected chi connectivity index (χ1v) is 10.5. The Hall–Kier alpha value is -3.87. The number of rotatable bonds is 5. The fourth-order valence-electron chi connectivity index (χ4n) is 4.88. The molecule has 3 heterocycles. The molecule has 1 aliphatic heterocycles. The summed E-state index contributed by atoms with van der Waals surface area (Å²) < 4.78 is 7.16. The smallest absolute Gasteiger partial charge is 0.323 e. The van der Waals surface area contributed by atoms with Crippen molar-refractivity contribution in [2.24, 2.45) is 0 Å². The highest BCUT2D eigenvalue weighted by atomic mass is 16.5. The van der Waals surface area contributed by atoms with Crippen molar-refractivity contribution in [1.29, 1.82) is 0 Å². The van der Waals surface area contributed by atoms with E-state index in [2.05, 4.69) is 5.16 Å². The molecule has 0 fully saturated rings. The molecule has 1 atom stereocenters. The zero-order valence-corrected chi connectivity index (χ0v) is 18.1. The van der Waals surface area contributed by atoms with Crippen molar-refractivity contribution in [3.63, 3.8) is 0 Å². The molecule has 4 aromatic rings. The Balaban J connectivity index is 1.74. The summed E-state index contributed by atoms with van der Waals surface area (Å²) in [6.07, 6.45) is 0. The van der Waals surface area contributed by atoms with E-state index in [0.717, 1.165) is 39.0 Å². The summed E-state index contributed by atoms with van der Waals surface area (Å²) >= 11 is 0. The van der Waals surface area contributed by atoms with Crippen molar-refractivity contribution in [2.45, 2.75) is 39.9 Å². The van der Waals surface area contributed by atoms with Crippen molar-refractivity contribution in [2.75, 3.05) is 0 Å². The van der Waals surface area contributed by atoms with E-state index in [0.29, 0.717) is 17.9 Å². The molecule has 1 aliphatic rings. The van der Waals surface area contributed by atoms with Gasteiger partial charge in [-0.1, -0.05) is 41.6 Å². The number of carbonyl (C=O) groups is 2. The summed E-state index contributed by atoms with van der Waals surface area (Å²) in [4.78, 5) is 27.0. The predicted molar refractivity (Wildman–Crippen MR) is 118 cm³/mol. The van der Waals surface area contributed by atoms with E-state index in [1.54, 1.807) is 0 Å². The number of nitrogens with zero attached hydrogens (tertiary/aromatic N) is 3. The van der Waals surface area contributed by atoms with E-state index >= 15 is 0 Å². The number of carboxylic acids is 1. The van der Waals surface area contributed by atoms with Crippen molar-refractivity contribution < 1.29 is 19.2 Å². The molecule has 0 bridgehead atoms. The summed E-state index contributed by atoms with van der Waals surface area (Å²) in [5, 5.41) is 14.5. The average molecular weight is 429 g/mol. The lowest BCUT2D eigenvalue weighted by Gasteiger charge is -2.26. The molecular formula is C25H23N3O4. The Morgan fingerprint density at radius 2 is 1.81 bits per heavy atom. The first-order chi connectivity index (χ1) is 15.4. The van der Waals surface area contributed by atoms with Crippen LogP contribution in [0, 0.1) is 20.8 Å². The van der Waals surface area contributed by atoms with Gasteiger partial charge in [-0.25, -0.2) is 0 Å². The van der Waals surface area contributed by atoms with Gasteiger partial charge in [-0.3, -0.25) is 9.59 Å². The molecule has 1 amide bonds. The minimum absolute atomic E-state index is 0.0555. The van der Waals surface area contributed by atoms with Crippen molar-refractivity contribution in [3.05, 3.63) is 87.9 Å². The number of carbonyl (C=O) groups excluding carboxylic acids is 1. The maximum atomic E-state index is 13.5. The lowest BCUT2D eigenvalue weighted by molar-refractivity contribution is -0.137. The van der Waals surface area contributed by atoms with Gasteiger partial charge in [0.15, 0.2) is 0 Å². The first-order valence-electron chi connectivity index (χ1n) is 10.5. The number of hydrogen-bond acceptors (Lipinski definition) is 4. The van der Waals surface area contributed by atoms with Gasteiger partial charge in [0, 0.05) is 33.3 Å². The molecule has 0 saturated heterocycles. The van der Waals surface area contributed by atoms with Crippen LogP contribution in [-0.4, -0.2) is 31.6 Å². The number of amides is 1. The highest BCUT2D eigenvalue weighted by molar-refractivity contribution is 6.01. The topological polar surface area (TPSA) is 88.6 Å². The van der Waals surface area contributed by atoms with Crippen LogP contribution in [0.1, 0.15) is 50.2 Å². The fraction of sp³-hybridized carbons (Fsp3) is 0.240. The molecule has 0 radical (unpaired) electrons. The predicted octanol–water partition coefficient (Wildman–Crippen LogP) is 4.38. The second-order valence-electron chi connectivity index (χ2n) is 8.22. The van der Waals surface area contributed by atoms with Crippen LogP contribution >= 0.6 is 0 Å². The minimum atomic E-state index is -0.907. The highest BCUT2D eigenvalue weighted by Gasteiger charge is 2.40. The van der Waals surface area contributed by atoms with Crippen LogP contribution in [-0.2, 0) is 17.9 Å². The van der Waals surface area contributed by atoms with Crippen LogP contribution in [0.2, 0.25) is 0 Å². The van der Waals surface area contributed by atoms with Gasteiger partial charge < -0.3 is 19.1 Å². The molecule has 162 valence electrons. The molecule has 1 N–H and O–H groups in total. The van der Waals surface area contributed by atoms with Crippen LogP contribution in [0.4, 0.5) is 0 Å². The normalized spacial score (nSPS) is 15.5. The molecular weight excluding hydrogens is 406 g/mol. The number of hydrogen-bond donors (Lipinski definition) is 1. The standard InChI is InChI=1S/C25H23N3O4/c1-14-20(16(3)32-26-14)12-28-24(17-8-4-5-9-18(17)25(28)31)23-15(2)27(13-22(29)30)21-11-7-6-10-19(21)23/h4-11,24H,12-13H2,1-3H3,(H,29,30). The SMILES string of the molecule is Cc1noc(C)c1CN1C(=O)c2ccccc2C1c1c(C)n(CC(=O)O)c2ccccc12. The molecule has 0 saturated carbocycles. The minimum Gasteiger partial charge on any atom is -0.480 e. The van der Waals surface area contributed by atoms with Crippen LogP contribution < -0.4 is 0 Å². The van der Waals surface area contributed by atoms with Gasteiger partial charge in [-0.05, 0) is 38.5 Å². The first kappa shape index (κ1) is 20.1. The molecule has 7 heteroatoms. The van der Waals surface area contributed by atoms with E-state index in [1.807, 2.05) is 78.8 Å². The van der Waals surface area contributed by atoms with Gasteiger partial charge in [0.25, 0.3) is 5.91 Å². The lowest BCUT2D eigenvalue weighted by Crippen LogP contribution is -2.29. The summed E-state index contributed by atoms with van der Waals surface area (Å²) in [5.74, 6) is -0.272. The van der Waals surface area contributed by atoms with Crippen LogP contribution in [0.25, 0.3) is 10.9 Å². The molecule has 5 rings (SSSR count). The largest absolute Gasteiger partial charge is 0.480 e. The zero-order valence-electron chi connectivity index (χ0n) is 18.1. The number of carboxylic acid groups (broad SMARTS) is 1. The van der Waals surface area contributed by atoms with Gasteiger partial charge in [-0.2, -0.15) is 0 Å². The molecule has 7 nitrogen and oxygen atoms in total. The average Bonchev–Trinajstić information content (AvgIpc) is 3.34. The van der Waals surface area contributed by atoms with E-state index in [-0.39, 0.29) is 18.5 Å². The van der Waals surface area contributed by atoms with Gasteiger partial charge in [0.2, 0.25) is 0 Å². The van der Waals surface area contributed by atoms with Crippen LogP contribution in [0.15, 0.2) is 53.1 Å². The maximum Gasteiger partial charge on any atom is 0.323 e. The molecule has 0 spiro atoms. The van der Waals surface area contributed by atoms with Gasteiger partial charge in [-0.15, -0.1) is 0 Å². The quantitative estimate of drug-likeness (QED) is 0.508. The highest BCUT2D eigenvalue weighted by Crippen LogP contribution is 2.44. The summed E-state index contributed by atoms with van der Waals surface area (Å²) in [7, 11) is 0. The molecule has 2 aromatic carbocycles. The van der Waals surface area contributed by atoms with Crippen molar-refractivity contribution >= 4 is 22.8 Å². The van der Waals surface area contributed by atoms with Crippen molar-refractivity contribution in [3.8, 4) is 0 Å². The van der Waals surface area contributed by atoms with Crippen LogP contribution in [0.3, 0.4) is 0 Å². The molecule has 32 heavy (non-hydrogen) atoms. The lowest BCUT2D eigenvalue weighted by atomic mass is 9.95. The summed E-state index contributed by atoms with van der Waals surface area (Å²) in [6.45, 7) is 5.87. The molecule has 2 aromatic heterocycles. The molecule has 1 unspecified atom stereocenters. The number of fused-ring (bicyclic) bond motifs is 2. The summed E-state index contributed by atoms with van der Waals surface area (Å²) in [5.41, 5.74) is 5.87. The number of para-hydroxylation sites is 1. The monoisotopic (exact) mass is 429 g/mol. The maximum absolute atomic E-state index is 13.5. The Morgan fingerprint density at radius 1 is 1.09 bits per heavy atom. The van der Waals surface area contributed by atoms with E-state index in [1.165, 1.54) is 0 Å². The number of aliphatic carboxylic acids is 1. The van der Waals surface area contributed by atoms with E-state index in [9.17, 15) is 14.7 Å². The summed E-state index contributed by atoms with van der Waals surface area (Å²) in [6, 6.07) is 15.1. The third-order valence-electron chi connectivity index (χ3n) is 6.41. The zero-order chi connectivity index (χ0) is 22.6. The Labute approximate surface area is 184 Å². The Morgan fingerprint density at radius 3 is 2.53 bits per heavy atom.